The van der Waals surface area contributed by atoms with Crippen LogP contribution in [0.4, 0.5) is 0 Å². The lowest BCUT2D eigenvalue weighted by molar-refractivity contribution is -0.113. The first-order valence-corrected chi connectivity index (χ1v) is 6.27. The van der Waals surface area contributed by atoms with E-state index in [1.54, 1.807) is 6.92 Å². The van der Waals surface area contributed by atoms with Crippen LogP contribution in [-0.4, -0.2) is 58.0 Å². The van der Waals surface area contributed by atoms with Gasteiger partial charge in [-0.15, -0.1) is 0 Å². The Morgan fingerprint density at radius 3 is 2.60 bits per heavy atom. The summed E-state index contributed by atoms with van der Waals surface area (Å²) in [7, 11) is 0. The van der Waals surface area contributed by atoms with E-state index in [-0.39, 0.29) is 17.7 Å². The molecule has 0 radical (unpaired) electrons. The van der Waals surface area contributed by atoms with Crippen LogP contribution in [0.3, 0.4) is 0 Å². The molecular weight excluding hydrogens is 218 g/mol. The van der Waals surface area contributed by atoms with E-state index < -0.39 is 11.1 Å². The van der Waals surface area contributed by atoms with Gasteiger partial charge in [0.25, 0.3) is 0 Å². The fourth-order valence-electron chi connectivity index (χ4n) is 1.74. The highest BCUT2D eigenvalue weighted by atomic mass is 32.2. The summed E-state index contributed by atoms with van der Waals surface area (Å²) >= 11 is -1.86. The first-order chi connectivity index (χ1) is 7.15. The van der Waals surface area contributed by atoms with Gasteiger partial charge in [0, 0.05) is 25.0 Å². The van der Waals surface area contributed by atoms with Crippen LogP contribution in [-0.2, 0) is 20.6 Å². The maximum absolute atomic E-state index is 10.8. The van der Waals surface area contributed by atoms with Crippen molar-refractivity contribution in [2.24, 2.45) is 5.92 Å². The van der Waals surface area contributed by atoms with Crippen molar-refractivity contribution in [3.05, 3.63) is 0 Å². The summed E-state index contributed by atoms with van der Waals surface area (Å²) in [4.78, 5) is 12.8. The van der Waals surface area contributed by atoms with Gasteiger partial charge in [-0.1, -0.05) is 6.92 Å². The Morgan fingerprint density at radius 2 is 2.13 bits per heavy atom. The summed E-state index contributed by atoms with van der Waals surface area (Å²) in [5, 5.41) is 0. The first kappa shape index (κ1) is 12.8. The highest BCUT2D eigenvalue weighted by molar-refractivity contribution is 7.79. The molecule has 0 aliphatic carbocycles. The van der Waals surface area contributed by atoms with Gasteiger partial charge >= 0.3 is 0 Å². The Bertz CT molecular complexity index is 230. The Morgan fingerprint density at radius 1 is 1.53 bits per heavy atom. The van der Waals surface area contributed by atoms with Gasteiger partial charge in [-0.25, -0.2) is 4.21 Å². The Hall–Kier alpha value is -0.300. The van der Waals surface area contributed by atoms with Crippen LogP contribution in [0.1, 0.15) is 6.92 Å². The smallest absolute Gasteiger partial charge is 0.154 e. The average Bonchev–Trinajstić information content (AvgIpc) is 2.26. The van der Waals surface area contributed by atoms with Crippen LogP contribution in [0.25, 0.3) is 0 Å². The van der Waals surface area contributed by atoms with Crippen LogP contribution in [0, 0.1) is 5.92 Å². The summed E-state index contributed by atoms with van der Waals surface area (Å²) < 4.78 is 24.9. The lowest BCUT2D eigenvalue weighted by Gasteiger charge is -2.35. The Kier molecular flexibility index (Phi) is 5.38. The summed E-state index contributed by atoms with van der Waals surface area (Å²) in [5.41, 5.74) is 0. The van der Waals surface area contributed by atoms with E-state index >= 15 is 0 Å². The third-order valence-electron chi connectivity index (χ3n) is 2.65. The molecule has 88 valence electrons. The maximum Gasteiger partial charge on any atom is 0.154 e. The number of ether oxygens (including phenoxy) is 1. The molecule has 0 aromatic heterocycles. The molecular formula is C9H17NO4S. The molecule has 1 heterocycles. The highest BCUT2D eigenvalue weighted by Crippen LogP contribution is 2.12. The second kappa shape index (κ2) is 6.32. The molecule has 0 spiro atoms. The van der Waals surface area contributed by atoms with Crippen molar-refractivity contribution < 1.29 is 18.3 Å². The van der Waals surface area contributed by atoms with Crippen LogP contribution >= 0.6 is 0 Å². The van der Waals surface area contributed by atoms with Crippen molar-refractivity contribution in [2.75, 3.05) is 32.1 Å². The Labute approximate surface area is 92.1 Å². The first-order valence-electron chi connectivity index (χ1n) is 4.99. The van der Waals surface area contributed by atoms with E-state index in [1.165, 1.54) is 0 Å². The monoisotopic (exact) mass is 235 g/mol. The zero-order valence-corrected chi connectivity index (χ0v) is 9.61. The molecule has 0 amide bonds. The standard InChI is InChI=1S/C9H17NO4S/c1-8(6-11)9(7-15(12)13)10-2-4-14-5-3-10/h6,8-9H,2-5,7H2,1H3,(H,12,13). The summed E-state index contributed by atoms with van der Waals surface area (Å²) in [6.45, 7) is 4.47. The van der Waals surface area contributed by atoms with E-state index in [0.29, 0.717) is 13.2 Å². The van der Waals surface area contributed by atoms with Crippen LogP contribution in [0.5, 0.6) is 0 Å². The zero-order chi connectivity index (χ0) is 11.3. The fourth-order valence-corrected chi connectivity index (χ4v) is 2.54. The molecule has 15 heavy (non-hydrogen) atoms. The number of aldehydes is 1. The second-order valence-corrected chi connectivity index (χ2v) is 4.68. The van der Waals surface area contributed by atoms with Crippen LogP contribution in [0.15, 0.2) is 0 Å². The van der Waals surface area contributed by atoms with Gasteiger partial charge in [-0.05, 0) is 0 Å². The van der Waals surface area contributed by atoms with Crippen molar-refractivity contribution >= 4 is 17.4 Å². The highest BCUT2D eigenvalue weighted by Gasteiger charge is 2.27. The fraction of sp³-hybridized carbons (Fsp3) is 0.889. The average molecular weight is 235 g/mol. The van der Waals surface area contributed by atoms with Crippen LogP contribution < -0.4 is 0 Å². The second-order valence-electron chi connectivity index (χ2n) is 3.70. The summed E-state index contributed by atoms with van der Waals surface area (Å²) in [5.74, 6) is -0.0981. The van der Waals surface area contributed by atoms with Crippen molar-refractivity contribution in [3.8, 4) is 0 Å². The van der Waals surface area contributed by atoms with Gasteiger partial charge < -0.3 is 14.1 Å². The molecule has 1 N–H and O–H groups in total. The Balaban J connectivity index is 2.60. The van der Waals surface area contributed by atoms with E-state index in [0.717, 1.165) is 19.4 Å². The minimum absolute atomic E-state index is 0.125. The minimum atomic E-state index is -1.86. The molecule has 0 saturated carbocycles. The number of hydrogen-bond acceptors (Lipinski definition) is 4. The van der Waals surface area contributed by atoms with Gasteiger partial charge in [0.1, 0.15) is 6.29 Å². The molecule has 0 bridgehead atoms. The quantitative estimate of drug-likeness (QED) is 0.525. The molecule has 3 atom stereocenters. The number of carbonyl (C=O) groups excluding carboxylic acids is 1. The summed E-state index contributed by atoms with van der Waals surface area (Å²) in [6, 6.07) is -0.155. The predicted molar refractivity (Wildman–Crippen MR) is 57.0 cm³/mol. The lowest BCUT2D eigenvalue weighted by Crippen LogP contribution is -2.49. The number of hydrogen-bond donors (Lipinski definition) is 1. The molecule has 1 saturated heterocycles. The van der Waals surface area contributed by atoms with E-state index in [4.69, 9.17) is 9.29 Å². The topological polar surface area (TPSA) is 66.8 Å². The van der Waals surface area contributed by atoms with E-state index in [2.05, 4.69) is 4.90 Å². The number of nitrogens with zero attached hydrogens (tertiary/aromatic N) is 1. The largest absolute Gasteiger partial charge is 0.379 e. The van der Waals surface area contributed by atoms with Gasteiger partial charge in [-0.3, -0.25) is 4.90 Å². The number of carbonyl (C=O) groups is 1. The minimum Gasteiger partial charge on any atom is -0.379 e. The number of morpholine rings is 1. The van der Waals surface area contributed by atoms with Crippen molar-refractivity contribution in [3.63, 3.8) is 0 Å². The van der Waals surface area contributed by atoms with Crippen LogP contribution in [0.2, 0.25) is 0 Å². The van der Waals surface area contributed by atoms with E-state index in [9.17, 15) is 9.00 Å². The predicted octanol–water partition coefficient (Wildman–Crippen LogP) is -0.256. The normalized spacial score (nSPS) is 24.4. The van der Waals surface area contributed by atoms with Crippen molar-refractivity contribution in [1.29, 1.82) is 0 Å². The molecule has 6 heteroatoms. The van der Waals surface area contributed by atoms with Gasteiger partial charge in [0.05, 0.1) is 19.0 Å². The molecule has 5 nitrogen and oxygen atoms in total. The molecule has 1 aliphatic rings. The molecule has 1 fully saturated rings. The third kappa shape index (κ3) is 3.98. The van der Waals surface area contributed by atoms with Gasteiger partial charge in [-0.2, -0.15) is 0 Å². The molecule has 3 unspecified atom stereocenters. The third-order valence-corrected chi connectivity index (χ3v) is 3.28. The SMILES string of the molecule is CC(C=O)C(CS(=O)O)N1CCOCC1. The molecule has 1 aliphatic heterocycles. The lowest BCUT2D eigenvalue weighted by atomic mass is 10.0. The molecule has 0 aromatic carbocycles. The number of rotatable bonds is 5. The summed E-state index contributed by atoms with van der Waals surface area (Å²) in [6.07, 6.45) is 0.840. The molecule has 0 aromatic rings. The maximum atomic E-state index is 10.8. The van der Waals surface area contributed by atoms with Crippen molar-refractivity contribution in [2.45, 2.75) is 13.0 Å². The molecule has 1 rings (SSSR count). The zero-order valence-electron chi connectivity index (χ0n) is 8.80. The van der Waals surface area contributed by atoms with Gasteiger partial charge in [0.15, 0.2) is 11.1 Å². The van der Waals surface area contributed by atoms with Crippen molar-refractivity contribution in [1.82, 2.24) is 4.90 Å². The van der Waals surface area contributed by atoms with E-state index in [1.807, 2.05) is 0 Å². The van der Waals surface area contributed by atoms with Gasteiger partial charge in [0.2, 0.25) is 0 Å².